The summed E-state index contributed by atoms with van der Waals surface area (Å²) in [6.45, 7) is 3.85. The molecule has 1 aromatic heterocycles. The third kappa shape index (κ3) is 4.88. The van der Waals surface area contributed by atoms with Gasteiger partial charge >= 0.3 is 0 Å². The van der Waals surface area contributed by atoms with Gasteiger partial charge in [0.15, 0.2) is 0 Å². The van der Waals surface area contributed by atoms with Crippen molar-refractivity contribution in [3.8, 4) is 0 Å². The van der Waals surface area contributed by atoms with E-state index in [1.165, 1.54) is 6.33 Å². The van der Waals surface area contributed by atoms with E-state index in [1.807, 2.05) is 43.3 Å². The zero-order valence-corrected chi connectivity index (χ0v) is 16.4. The summed E-state index contributed by atoms with van der Waals surface area (Å²) in [6, 6.07) is 13.7. The Morgan fingerprint density at radius 1 is 1.14 bits per heavy atom. The van der Waals surface area contributed by atoms with Crippen molar-refractivity contribution < 1.29 is 9.90 Å². The highest BCUT2D eigenvalue weighted by Crippen LogP contribution is 2.26. The molecule has 3 N–H and O–H groups in total. The molecule has 0 spiro atoms. The SMILES string of the molecule is Cc1cccc(Nc2ncnc3ccc(NC(=O)CN4CCC(O)CC4)cc23)c1. The van der Waals surface area contributed by atoms with Gasteiger partial charge in [0, 0.05) is 29.9 Å². The fraction of sp³-hybridized carbons (Fsp3) is 0.318. The Morgan fingerprint density at radius 2 is 1.97 bits per heavy atom. The Morgan fingerprint density at radius 3 is 2.76 bits per heavy atom. The van der Waals surface area contributed by atoms with E-state index in [4.69, 9.17) is 0 Å². The molecule has 1 aliphatic rings. The number of carbonyl (C=O) groups is 1. The summed E-state index contributed by atoms with van der Waals surface area (Å²) in [5.74, 6) is 0.632. The van der Waals surface area contributed by atoms with Gasteiger partial charge in [-0.15, -0.1) is 0 Å². The molecule has 0 aliphatic carbocycles. The van der Waals surface area contributed by atoms with Gasteiger partial charge in [-0.05, 0) is 55.7 Å². The van der Waals surface area contributed by atoms with Gasteiger partial charge in [-0.2, -0.15) is 0 Å². The molecule has 1 aliphatic heterocycles. The summed E-state index contributed by atoms with van der Waals surface area (Å²) in [5, 5.41) is 16.7. The van der Waals surface area contributed by atoms with Crippen LogP contribution in [0, 0.1) is 6.92 Å². The van der Waals surface area contributed by atoms with Crippen LogP contribution in [-0.4, -0.2) is 51.6 Å². The lowest BCUT2D eigenvalue weighted by molar-refractivity contribution is -0.117. The van der Waals surface area contributed by atoms with E-state index in [9.17, 15) is 9.90 Å². The maximum atomic E-state index is 12.4. The molecule has 4 rings (SSSR count). The second kappa shape index (κ2) is 8.55. The fourth-order valence-corrected chi connectivity index (χ4v) is 3.57. The van der Waals surface area contributed by atoms with Crippen molar-refractivity contribution in [2.75, 3.05) is 30.3 Å². The van der Waals surface area contributed by atoms with Crippen LogP contribution in [0.4, 0.5) is 17.2 Å². The molecule has 7 heteroatoms. The Kier molecular flexibility index (Phi) is 5.69. The van der Waals surface area contributed by atoms with Crippen molar-refractivity contribution in [2.24, 2.45) is 0 Å². The van der Waals surface area contributed by atoms with Gasteiger partial charge in [0.2, 0.25) is 5.91 Å². The van der Waals surface area contributed by atoms with Crippen LogP contribution in [0.5, 0.6) is 0 Å². The van der Waals surface area contributed by atoms with E-state index in [0.717, 1.165) is 35.2 Å². The number of aliphatic hydroxyl groups excluding tert-OH is 1. The molecular formula is C22H25N5O2. The number of hydrogen-bond donors (Lipinski definition) is 3. The number of aryl methyl sites for hydroxylation is 1. The Bertz CT molecular complexity index is 1020. The minimum Gasteiger partial charge on any atom is -0.393 e. The number of benzene rings is 2. The van der Waals surface area contributed by atoms with Crippen LogP contribution >= 0.6 is 0 Å². The summed E-state index contributed by atoms with van der Waals surface area (Å²) in [6.07, 6.45) is 2.72. The highest BCUT2D eigenvalue weighted by atomic mass is 16.3. The van der Waals surface area contributed by atoms with Crippen LogP contribution in [0.2, 0.25) is 0 Å². The number of anilines is 3. The molecule has 1 amide bonds. The largest absolute Gasteiger partial charge is 0.393 e. The molecule has 0 radical (unpaired) electrons. The van der Waals surface area contributed by atoms with Crippen LogP contribution in [-0.2, 0) is 4.79 Å². The molecule has 0 bridgehead atoms. The molecule has 0 saturated carbocycles. The average Bonchev–Trinajstić information content (AvgIpc) is 2.70. The lowest BCUT2D eigenvalue weighted by Gasteiger charge is -2.28. The summed E-state index contributed by atoms with van der Waals surface area (Å²) in [5.41, 5.74) is 3.62. The van der Waals surface area contributed by atoms with Gasteiger partial charge in [0.1, 0.15) is 12.1 Å². The molecule has 1 fully saturated rings. The van der Waals surface area contributed by atoms with Gasteiger partial charge in [-0.3, -0.25) is 9.69 Å². The summed E-state index contributed by atoms with van der Waals surface area (Å²) in [7, 11) is 0. The van der Waals surface area contributed by atoms with Crippen LogP contribution in [0.3, 0.4) is 0 Å². The quantitative estimate of drug-likeness (QED) is 0.619. The second-order valence-corrected chi connectivity index (χ2v) is 7.50. The van der Waals surface area contributed by atoms with Crippen LogP contribution in [0.1, 0.15) is 18.4 Å². The van der Waals surface area contributed by atoms with Crippen LogP contribution in [0.15, 0.2) is 48.8 Å². The predicted octanol–water partition coefficient (Wildman–Crippen LogP) is 3.08. The molecule has 0 unspecified atom stereocenters. The van der Waals surface area contributed by atoms with Crippen molar-refractivity contribution in [1.29, 1.82) is 0 Å². The lowest BCUT2D eigenvalue weighted by atomic mass is 10.1. The summed E-state index contributed by atoms with van der Waals surface area (Å²) >= 11 is 0. The fourth-order valence-electron chi connectivity index (χ4n) is 3.57. The number of nitrogens with zero attached hydrogens (tertiary/aromatic N) is 3. The van der Waals surface area contributed by atoms with Crippen molar-refractivity contribution in [3.63, 3.8) is 0 Å². The van der Waals surface area contributed by atoms with Crippen molar-refractivity contribution in [3.05, 3.63) is 54.4 Å². The highest BCUT2D eigenvalue weighted by Gasteiger charge is 2.19. The standard InChI is InChI=1S/C22H25N5O2/c1-15-3-2-4-16(11-15)26-22-19-12-17(5-6-20(19)23-14-24-22)25-21(29)13-27-9-7-18(28)8-10-27/h2-6,11-12,14,18,28H,7-10,13H2,1H3,(H,25,29)(H,23,24,26). The van der Waals surface area contributed by atoms with Gasteiger partial charge in [0.25, 0.3) is 0 Å². The third-order valence-electron chi connectivity index (χ3n) is 5.12. The molecule has 7 nitrogen and oxygen atoms in total. The number of aromatic nitrogens is 2. The molecule has 2 aromatic carbocycles. The van der Waals surface area contributed by atoms with Gasteiger partial charge in [0.05, 0.1) is 18.2 Å². The average molecular weight is 391 g/mol. The van der Waals surface area contributed by atoms with Gasteiger partial charge in [-0.1, -0.05) is 12.1 Å². The van der Waals surface area contributed by atoms with Crippen LogP contribution < -0.4 is 10.6 Å². The number of aliphatic hydroxyl groups is 1. The number of hydrogen-bond acceptors (Lipinski definition) is 6. The van der Waals surface area contributed by atoms with Crippen molar-refractivity contribution in [1.82, 2.24) is 14.9 Å². The molecule has 29 heavy (non-hydrogen) atoms. The molecule has 3 aromatic rings. The molecule has 0 atom stereocenters. The minimum atomic E-state index is -0.242. The number of nitrogens with one attached hydrogen (secondary N) is 2. The van der Waals surface area contributed by atoms with E-state index in [0.29, 0.717) is 30.9 Å². The first-order chi connectivity index (χ1) is 14.1. The van der Waals surface area contributed by atoms with E-state index >= 15 is 0 Å². The number of rotatable bonds is 5. The Hall–Kier alpha value is -3.03. The minimum absolute atomic E-state index is 0.0641. The van der Waals surface area contributed by atoms with Gasteiger partial charge in [-0.25, -0.2) is 9.97 Å². The number of likely N-dealkylation sites (tertiary alicyclic amines) is 1. The second-order valence-electron chi connectivity index (χ2n) is 7.50. The maximum Gasteiger partial charge on any atom is 0.238 e. The number of carbonyl (C=O) groups excluding carboxylic acids is 1. The van der Waals surface area contributed by atoms with Crippen LogP contribution in [0.25, 0.3) is 10.9 Å². The van der Waals surface area contributed by atoms with E-state index in [2.05, 4.69) is 31.6 Å². The topological polar surface area (TPSA) is 90.4 Å². The number of fused-ring (bicyclic) bond motifs is 1. The smallest absolute Gasteiger partial charge is 0.238 e. The van der Waals surface area contributed by atoms with Crippen molar-refractivity contribution in [2.45, 2.75) is 25.9 Å². The summed E-state index contributed by atoms with van der Waals surface area (Å²) in [4.78, 5) is 23.2. The number of piperidine rings is 1. The first-order valence-electron chi connectivity index (χ1n) is 9.85. The Balaban J connectivity index is 1.50. The lowest BCUT2D eigenvalue weighted by Crippen LogP contribution is -2.40. The van der Waals surface area contributed by atoms with E-state index in [-0.39, 0.29) is 12.0 Å². The maximum absolute atomic E-state index is 12.4. The normalized spacial score (nSPS) is 15.4. The zero-order valence-electron chi connectivity index (χ0n) is 16.4. The monoisotopic (exact) mass is 391 g/mol. The molecule has 150 valence electrons. The Labute approximate surface area is 169 Å². The highest BCUT2D eigenvalue weighted by molar-refractivity contribution is 5.97. The third-order valence-corrected chi connectivity index (χ3v) is 5.12. The molecule has 1 saturated heterocycles. The predicted molar refractivity (Wildman–Crippen MR) is 114 cm³/mol. The zero-order chi connectivity index (χ0) is 20.2. The van der Waals surface area contributed by atoms with Crippen molar-refractivity contribution >= 4 is 34.0 Å². The number of amides is 1. The summed E-state index contributed by atoms with van der Waals surface area (Å²) < 4.78 is 0. The molecular weight excluding hydrogens is 366 g/mol. The molecule has 2 heterocycles. The van der Waals surface area contributed by atoms with Gasteiger partial charge < -0.3 is 15.7 Å². The van der Waals surface area contributed by atoms with E-state index < -0.39 is 0 Å². The first-order valence-corrected chi connectivity index (χ1v) is 9.85. The van der Waals surface area contributed by atoms with E-state index in [1.54, 1.807) is 0 Å². The first kappa shape index (κ1) is 19.3.